The molecule has 12 heavy (non-hydrogen) atoms. The topological polar surface area (TPSA) is 26.0 Å². The van der Waals surface area contributed by atoms with Crippen molar-refractivity contribution in [1.82, 2.24) is 0 Å². The largest absolute Gasteiger partial charge is 0.326 e. The first-order valence-corrected chi connectivity index (χ1v) is 4.82. The minimum absolute atomic E-state index is 0.225. The Morgan fingerprint density at radius 1 is 1.33 bits per heavy atom. The number of rotatable bonds is 0. The van der Waals surface area contributed by atoms with Crippen LogP contribution in [0.5, 0.6) is 0 Å². The molecule has 2 heteroatoms. The molecule has 2 unspecified atom stereocenters. The van der Waals surface area contributed by atoms with Crippen molar-refractivity contribution in [3.63, 3.8) is 0 Å². The second-order valence-electron chi connectivity index (χ2n) is 3.35. The number of aryl methyl sites for hydroxylation is 1. The zero-order valence-electron chi connectivity index (χ0n) is 6.90. The van der Waals surface area contributed by atoms with Gasteiger partial charge in [-0.2, -0.15) is 12.6 Å². The summed E-state index contributed by atoms with van der Waals surface area (Å²) in [6.45, 7) is 0. The molecule has 2 N–H and O–H groups in total. The molecule has 1 nitrogen and oxygen atoms in total. The molecular formula is C10H13NS. The van der Waals surface area contributed by atoms with Crippen LogP contribution in [-0.2, 0) is 6.42 Å². The molecule has 0 amide bonds. The Morgan fingerprint density at radius 2 is 2.08 bits per heavy atom. The maximum Gasteiger partial charge on any atom is 0.0421 e. The van der Waals surface area contributed by atoms with Crippen LogP contribution in [0.1, 0.15) is 22.8 Å². The molecule has 0 saturated carbocycles. The Morgan fingerprint density at radius 3 is 2.92 bits per heavy atom. The molecule has 64 valence electrons. The van der Waals surface area contributed by atoms with Gasteiger partial charge < -0.3 is 5.73 Å². The van der Waals surface area contributed by atoms with E-state index < -0.39 is 0 Å². The van der Waals surface area contributed by atoms with Gasteiger partial charge in [0.15, 0.2) is 0 Å². The number of benzene rings is 1. The first-order chi connectivity index (χ1) is 5.79. The highest BCUT2D eigenvalue weighted by Gasteiger charge is 2.22. The zero-order valence-corrected chi connectivity index (χ0v) is 7.80. The Kier molecular flexibility index (Phi) is 2.11. The molecule has 0 bridgehead atoms. The van der Waals surface area contributed by atoms with Crippen LogP contribution in [0.25, 0.3) is 0 Å². The summed E-state index contributed by atoms with van der Waals surface area (Å²) in [6.07, 6.45) is 2.17. The predicted octanol–water partition coefficient (Wildman–Crippen LogP) is 1.93. The molecular weight excluding hydrogens is 166 g/mol. The van der Waals surface area contributed by atoms with E-state index >= 15 is 0 Å². The van der Waals surface area contributed by atoms with Gasteiger partial charge in [0.1, 0.15) is 0 Å². The van der Waals surface area contributed by atoms with Crippen LogP contribution < -0.4 is 5.73 Å². The number of fused-ring (bicyclic) bond motifs is 1. The number of thiol groups is 1. The van der Waals surface area contributed by atoms with Crippen molar-refractivity contribution >= 4 is 12.6 Å². The number of hydrogen-bond donors (Lipinski definition) is 2. The van der Waals surface area contributed by atoms with Crippen LogP contribution >= 0.6 is 12.6 Å². The van der Waals surface area contributed by atoms with Crippen molar-refractivity contribution in [1.29, 1.82) is 0 Å². The summed E-state index contributed by atoms with van der Waals surface area (Å²) in [6, 6.07) is 8.66. The summed E-state index contributed by atoms with van der Waals surface area (Å²) >= 11 is 4.51. The molecule has 1 aliphatic carbocycles. The first-order valence-electron chi connectivity index (χ1n) is 4.30. The highest BCUT2D eigenvalue weighted by Crippen LogP contribution is 2.32. The molecule has 1 aromatic carbocycles. The molecule has 1 aromatic rings. The lowest BCUT2D eigenvalue weighted by Gasteiger charge is -2.27. The number of nitrogens with two attached hydrogens (primary N) is 1. The highest BCUT2D eigenvalue weighted by atomic mass is 32.1. The molecule has 0 aliphatic heterocycles. The van der Waals surface area contributed by atoms with Crippen molar-refractivity contribution in [2.24, 2.45) is 5.73 Å². The second-order valence-corrected chi connectivity index (χ2v) is 3.90. The molecule has 0 heterocycles. The fourth-order valence-electron chi connectivity index (χ4n) is 1.76. The van der Waals surface area contributed by atoms with Gasteiger partial charge in [-0.05, 0) is 24.0 Å². The third-order valence-corrected chi connectivity index (χ3v) is 3.19. The second kappa shape index (κ2) is 3.11. The predicted molar refractivity (Wildman–Crippen MR) is 54.5 cm³/mol. The lowest BCUT2D eigenvalue weighted by Crippen LogP contribution is -2.30. The highest BCUT2D eigenvalue weighted by molar-refractivity contribution is 7.80. The van der Waals surface area contributed by atoms with Gasteiger partial charge in [0.05, 0.1) is 0 Å². The smallest absolute Gasteiger partial charge is 0.0421 e. The van der Waals surface area contributed by atoms with Crippen molar-refractivity contribution < 1.29 is 0 Å². The van der Waals surface area contributed by atoms with Crippen molar-refractivity contribution in [3.8, 4) is 0 Å². The van der Waals surface area contributed by atoms with Gasteiger partial charge in [-0.15, -0.1) is 0 Å². The minimum Gasteiger partial charge on any atom is -0.326 e. The molecule has 0 radical (unpaired) electrons. The summed E-state index contributed by atoms with van der Waals surface area (Å²) in [5, 5.41) is 0.231. The van der Waals surface area contributed by atoms with Crippen LogP contribution in [0.2, 0.25) is 0 Å². The van der Waals surface area contributed by atoms with Crippen molar-refractivity contribution in [2.45, 2.75) is 24.1 Å². The Bertz CT molecular complexity index is 285. The van der Waals surface area contributed by atoms with E-state index in [0.717, 1.165) is 12.8 Å². The molecule has 0 saturated heterocycles. The third kappa shape index (κ3) is 1.25. The van der Waals surface area contributed by atoms with Gasteiger partial charge in [-0.3, -0.25) is 0 Å². The van der Waals surface area contributed by atoms with E-state index in [0.29, 0.717) is 0 Å². The maximum atomic E-state index is 5.92. The normalized spacial score (nSPS) is 28.2. The van der Waals surface area contributed by atoms with Gasteiger partial charge >= 0.3 is 0 Å². The standard InChI is InChI=1S/C10H13NS/c11-9-6-5-7-3-1-2-4-8(7)10(9)12/h1-4,9-10,12H,5-6,11H2. The zero-order chi connectivity index (χ0) is 8.55. The molecule has 2 rings (SSSR count). The summed E-state index contributed by atoms with van der Waals surface area (Å²) in [5.41, 5.74) is 8.65. The van der Waals surface area contributed by atoms with Crippen LogP contribution in [0.3, 0.4) is 0 Å². The lowest BCUT2D eigenvalue weighted by atomic mass is 9.88. The van der Waals surface area contributed by atoms with E-state index in [2.05, 4.69) is 36.9 Å². The molecule has 2 atom stereocenters. The first kappa shape index (κ1) is 8.14. The van der Waals surface area contributed by atoms with Crippen LogP contribution in [0, 0.1) is 0 Å². The minimum atomic E-state index is 0.225. The van der Waals surface area contributed by atoms with Crippen molar-refractivity contribution in [2.75, 3.05) is 0 Å². The van der Waals surface area contributed by atoms with Gasteiger partial charge in [-0.25, -0.2) is 0 Å². The van der Waals surface area contributed by atoms with Crippen molar-refractivity contribution in [3.05, 3.63) is 35.4 Å². The van der Waals surface area contributed by atoms with Gasteiger partial charge in [-0.1, -0.05) is 24.3 Å². The average molecular weight is 179 g/mol. The third-order valence-electron chi connectivity index (χ3n) is 2.53. The summed E-state index contributed by atoms with van der Waals surface area (Å²) in [5.74, 6) is 0. The molecule has 1 aliphatic rings. The van der Waals surface area contributed by atoms with Crippen LogP contribution in [0.15, 0.2) is 24.3 Å². The molecule has 0 aromatic heterocycles. The Labute approximate surface area is 78.4 Å². The summed E-state index contributed by atoms with van der Waals surface area (Å²) in [7, 11) is 0. The maximum absolute atomic E-state index is 5.92. The van der Waals surface area contributed by atoms with Crippen LogP contribution in [-0.4, -0.2) is 6.04 Å². The van der Waals surface area contributed by atoms with E-state index in [4.69, 9.17) is 5.73 Å². The monoisotopic (exact) mass is 179 g/mol. The van der Waals surface area contributed by atoms with E-state index in [1.807, 2.05) is 0 Å². The van der Waals surface area contributed by atoms with Gasteiger partial charge in [0.25, 0.3) is 0 Å². The SMILES string of the molecule is NC1CCc2ccccc2C1S. The Hall–Kier alpha value is -0.470. The summed E-state index contributed by atoms with van der Waals surface area (Å²) < 4.78 is 0. The average Bonchev–Trinajstić information content (AvgIpc) is 2.12. The van der Waals surface area contributed by atoms with E-state index in [1.54, 1.807) is 0 Å². The fourth-order valence-corrected chi connectivity index (χ4v) is 2.16. The lowest BCUT2D eigenvalue weighted by molar-refractivity contribution is 0.569. The van der Waals surface area contributed by atoms with E-state index in [1.165, 1.54) is 11.1 Å². The van der Waals surface area contributed by atoms with Gasteiger partial charge in [0.2, 0.25) is 0 Å². The van der Waals surface area contributed by atoms with Crippen LogP contribution in [0.4, 0.5) is 0 Å². The molecule has 0 fully saturated rings. The Balaban J connectivity index is 2.42. The van der Waals surface area contributed by atoms with E-state index in [-0.39, 0.29) is 11.3 Å². The fraction of sp³-hybridized carbons (Fsp3) is 0.400. The van der Waals surface area contributed by atoms with Gasteiger partial charge in [0, 0.05) is 11.3 Å². The number of hydrogen-bond acceptors (Lipinski definition) is 2. The quantitative estimate of drug-likeness (QED) is 0.585. The molecule has 0 spiro atoms. The summed E-state index contributed by atoms with van der Waals surface area (Å²) in [4.78, 5) is 0. The van der Waals surface area contributed by atoms with E-state index in [9.17, 15) is 0 Å².